The van der Waals surface area contributed by atoms with Gasteiger partial charge in [-0.1, -0.05) is 17.7 Å². The fourth-order valence-electron chi connectivity index (χ4n) is 3.94. The summed E-state index contributed by atoms with van der Waals surface area (Å²) in [6, 6.07) is 9.71. The quantitative estimate of drug-likeness (QED) is 0.551. The highest BCUT2D eigenvalue weighted by Crippen LogP contribution is 2.46. The summed E-state index contributed by atoms with van der Waals surface area (Å²) in [4.78, 5) is 8.99. The summed E-state index contributed by atoms with van der Waals surface area (Å²) < 4.78 is 15.1. The minimum atomic E-state index is -0.270. The number of benzene rings is 2. The number of rotatable bonds is 2. The third-order valence-corrected chi connectivity index (χ3v) is 6.55. The molecule has 0 radical (unpaired) electrons. The van der Waals surface area contributed by atoms with Crippen molar-refractivity contribution in [1.82, 2.24) is 9.88 Å². The van der Waals surface area contributed by atoms with Gasteiger partial charge in [-0.05, 0) is 49.6 Å². The molecule has 0 N–H and O–H groups in total. The maximum Gasteiger partial charge on any atom is 0.132 e. The largest absolute Gasteiger partial charge is 0.349 e. The molecule has 2 aliphatic heterocycles. The zero-order valence-electron chi connectivity index (χ0n) is 14.2. The standard InChI is InChI=1S/C20H17ClFN3S/c1-12-15(22)5-7-17(19(12)21)25-10-14-3-2-8-24(14)20(25)13-4-6-16-18(9-13)26-11-23-16/h4-7,9-11,20H,2-3,8H2,1H3. The van der Waals surface area contributed by atoms with Crippen LogP contribution in [0.5, 0.6) is 0 Å². The molecule has 132 valence electrons. The van der Waals surface area contributed by atoms with Crippen LogP contribution in [-0.2, 0) is 0 Å². The van der Waals surface area contributed by atoms with E-state index in [0.717, 1.165) is 30.6 Å². The Bertz CT molecular complexity index is 1040. The average molecular weight is 386 g/mol. The summed E-state index contributed by atoms with van der Waals surface area (Å²) in [6.45, 7) is 2.75. The van der Waals surface area contributed by atoms with Gasteiger partial charge in [-0.2, -0.15) is 0 Å². The van der Waals surface area contributed by atoms with E-state index < -0.39 is 0 Å². The molecule has 1 atom stereocenters. The van der Waals surface area contributed by atoms with E-state index in [9.17, 15) is 4.39 Å². The molecule has 3 heterocycles. The highest BCUT2D eigenvalue weighted by atomic mass is 35.5. The summed E-state index contributed by atoms with van der Waals surface area (Å²) in [7, 11) is 0. The molecule has 1 fully saturated rings. The van der Waals surface area contributed by atoms with Gasteiger partial charge in [0.15, 0.2) is 0 Å². The van der Waals surface area contributed by atoms with Gasteiger partial charge in [0.2, 0.25) is 0 Å². The fourth-order valence-corrected chi connectivity index (χ4v) is 4.91. The molecular formula is C20H17ClFN3S. The van der Waals surface area contributed by atoms with Crippen LogP contribution in [0.2, 0.25) is 5.02 Å². The second kappa shape index (κ2) is 5.96. The molecule has 0 bridgehead atoms. The van der Waals surface area contributed by atoms with Gasteiger partial charge >= 0.3 is 0 Å². The molecular weight excluding hydrogens is 369 g/mol. The Balaban J connectivity index is 1.65. The molecule has 0 spiro atoms. The first-order valence-electron chi connectivity index (χ1n) is 8.67. The molecule has 1 aromatic heterocycles. The number of hydrogen-bond acceptors (Lipinski definition) is 4. The van der Waals surface area contributed by atoms with Crippen LogP contribution < -0.4 is 4.90 Å². The molecule has 3 nitrogen and oxygen atoms in total. The van der Waals surface area contributed by atoms with E-state index in [2.05, 4.69) is 39.2 Å². The number of allylic oxidation sites excluding steroid dienone is 1. The second-order valence-electron chi connectivity index (χ2n) is 6.78. The van der Waals surface area contributed by atoms with Crippen LogP contribution in [0.1, 0.15) is 30.1 Å². The lowest BCUT2D eigenvalue weighted by molar-refractivity contribution is 0.319. The third kappa shape index (κ3) is 2.34. The minimum absolute atomic E-state index is 0.0429. The number of halogens is 2. The van der Waals surface area contributed by atoms with E-state index in [1.165, 1.54) is 22.0 Å². The Morgan fingerprint density at radius 1 is 1.27 bits per heavy atom. The van der Waals surface area contributed by atoms with Gasteiger partial charge in [0, 0.05) is 24.0 Å². The molecule has 1 saturated heterocycles. The van der Waals surface area contributed by atoms with E-state index in [0.29, 0.717) is 10.6 Å². The summed E-state index contributed by atoms with van der Waals surface area (Å²) >= 11 is 8.18. The smallest absolute Gasteiger partial charge is 0.132 e. The molecule has 3 aromatic rings. The van der Waals surface area contributed by atoms with Crippen molar-refractivity contribution in [3.63, 3.8) is 0 Å². The van der Waals surface area contributed by atoms with Crippen molar-refractivity contribution in [2.75, 3.05) is 11.4 Å². The SMILES string of the molecule is Cc1c(F)ccc(N2C=C3CCCN3C2c2ccc3ncsc3c2)c1Cl. The predicted octanol–water partition coefficient (Wildman–Crippen LogP) is 5.85. The van der Waals surface area contributed by atoms with Gasteiger partial charge in [0.05, 0.1) is 26.4 Å². The first-order chi connectivity index (χ1) is 12.6. The average Bonchev–Trinajstić information content (AvgIpc) is 3.34. The predicted molar refractivity (Wildman–Crippen MR) is 105 cm³/mol. The lowest BCUT2D eigenvalue weighted by Crippen LogP contribution is -2.30. The zero-order valence-corrected chi connectivity index (χ0v) is 15.8. The highest BCUT2D eigenvalue weighted by molar-refractivity contribution is 7.16. The number of fused-ring (bicyclic) bond motifs is 2. The summed E-state index contributed by atoms with van der Waals surface area (Å²) in [6.07, 6.45) is 4.44. The van der Waals surface area contributed by atoms with E-state index in [4.69, 9.17) is 11.6 Å². The van der Waals surface area contributed by atoms with Crippen molar-refractivity contribution in [1.29, 1.82) is 0 Å². The molecule has 2 aromatic carbocycles. The van der Waals surface area contributed by atoms with Crippen LogP contribution in [0.15, 0.2) is 47.7 Å². The van der Waals surface area contributed by atoms with Crippen LogP contribution in [-0.4, -0.2) is 16.4 Å². The Morgan fingerprint density at radius 3 is 3.04 bits per heavy atom. The van der Waals surface area contributed by atoms with Gasteiger partial charge in [0.1, 0.15) is 12.0 Å². The number of thiazole rings is 1. The summed E-state index contributed by atoms with van der Waals surface area (Å²) in [5.41, 5.74) is 6.76. The van der Waals surface area contributed by atoms with Crippen molar-refractivity contribution < 1.29 is 4.39 Å². The van der Waals surface area contributed by atoms with Gasteiger partial charge in [0.25, 0.3) is 0 Å². The maximum atomic E-state index is 13.9. The van der Waals surface area contributed by atoms with E-state index >= 15 is 0 Å². The van der Waals surface area contributed by atoms with Crippen molar-refractivity contribution in [2.45, 2.75) is 25.9 Å². The maximum absolute atomic E-state index is 13.9. The third-order valence-electron chi connectivity index (χ3n) is 5.28. The lowest BCUT2D eigenvalue weighted by atomic mass is 10.1. The number of nitrogens with zero attached hydrogens (tertiary/aromatic N) is 3. The normalized spacial score (nSPS) is 19.3. The van der Waals surface area contributed by atoms with Crippen LogP contribution >= 0.6 is 22.9 Å². The summed E-state index contributed by atoms with van der Waals surface area (Å²) in [5, 5.41) is 0.479. The number of aromatic nitrogens is 1. The van der Waals surface area contributed by atoms with Crippen LogP contribution in [0, 0.1) is 12.7 Å². The molecule has 2 aliphatic rings. The molecule has 5 rings (SSSR count). The van der Waals surface area contributed by atoms with E-state index in [1.807, 2.05) is 5.51 Å². The second-order valence-corrected chi connectivity index (χ2v) is 8.05. The molecule has 0 saturated carbocycles. The topological polar surface area (TPSA) is 19.4 Å². The first-order valence-corrected chi connectivity index (χ1v) is 9.92. The van der Waals surface area contributed by atoms with Gasteiger partial charge in [-0.25, -0.2) is 9.37 Å². The number of anilines is 1. The van der Waals surface area contributed by atoms with Gasteiger partial charge in [-0.3, -0.25) is 0 Å². The zero-order chi connectivity index (χ0) is 17.8. The summed E-state index contributed by atoms with van der Waals surface area (Å²) in [5.74, 6) is -0.270. The minimum Gasteiger partial charge on any atom is -0.349 e. The molecule has 26 heavy (non-hydrogen) atoms. The number of hydrogen-bond donors (Lipinski definition) is 0. The molecule has 0 amide bonds. The fraction of sp³-hybridized carbons (Fsp3) is 0.250. The highest BCUT2D eigenvalue weighted by Gasteiger charge is 2.37. The Hall–Kier alpha value is -2.11. The van der Waals surface area contributed by atoms with Crippen molar-refractivity contribution in [3.05, 3.63) is 69.7 Å². The van der Waals surface area contributed by atoms with Crippen molar-refractivity contribution in [3.8, 4) is 0 Å². The molecule has 1 unspecified atom stereocenters. The molecule has 6 heteroatoms. The van der Waals surface area contributed by atoms with E-state index in [1.54, 1.807) is 24.3 Å². The molecule has 0 aliphatic carbocycles. The first kappa shape index (κ1) is 16.1. The Labute approximate surface area is 160 Å². The van der Waals surface area contributed by atoms with Crippen molar-refractivity contribution >= 4 is 38.8 Å². The van der Waals surface area contributed by atoms with Crippen LogP contribution in [0.3, 0.4) is 0 Å². The van der Waals surface area contributed by atoms with E-state index in [-0.39, 0.29) is 12.0 Å². The lowest BCUT2D eigenvalue weighted by Gasteiger charge is -2.33. The van der Waals surface area contributed by atoms with Gasteiger partial charge in [-0.15, -0.1) is 11.3 Å². The Morgan fingerprint density at radius 2 is 2.15 bits per heavy atom. The van der Waals surface area contributed by atoms with Crippen LogP contribution in [0.4, 0.5) is 10.1 Å². The van der Waals surface area contributed by atoms with Gasteiger partial charge < -0.3 is 9.80 Å². The monoisotopic (exact) mass is 385 g/mol. The van der Waals surface area contributed by atoms with Crippen molar-refractivity contribution in [2.24, 2.45) is 0 Å². The van der Waals surface area contributed by atoms with Crippen LogP contribution in [0.25, 0.3) is 10.2 Å². The Kier molecular flexibility index (Phi) is 3.69.